The summed E-state index contributed by atoms with van der Waals surface area (Å²) in [5.74, 6) is 0.0518. The zero-order chi connectivity index (χ0) is 9.56. The maximum Gasteiger partial charge on any atom is 0.318 e. The summed E-state index contributed by atoms with van der Waals surface area (Å²) in [4.78, 5) is 12.0. The molecule has 0 heterocycles. The summed E-state index contributed by atoms with van der Waals surface area (Å²) in [6, 6.07) is -0.691. The quantitative estimate of drug-likeness (QED) is 0.472. The lowest BCUT2D eigenvalue weighted by Gasteiger charge is -2.18. The summed E-state index contributed by atoms with van der Waals surface area (Å²) in [6.45, 7) is 2.83. The van der Waals surface area contributed by atoms with Gasteiger partial charge in [0.15, 0.2) is 5.96 Å². The van der Waals surface area contributed by atoms with Crippen LogP contribution in [0.15, 0.2) is 0 Å². The van der Waals surface area contributed by atoms with Crippen molar-refractivity contribution in [1.29, 1.82) is 5.41 Å². The molecule has 0 aliphatic rings. The van der Waals surface area contributed by atoms with Crippen molar-refractivity contribution < 1.29 is 4.79 Å². The molecule has 0 aliphatic heterocycles. The molecule has 0 saturated carbocycles. The molecular formula is C7H17ClN4O. The lowest BCUT2D eigenvalue weighted by molar-refractivity contribution is 0.252. The molecule has 0 rings (SSSR count). The molecule has 0 atom stereocenters. The minimum Gasteiger partial charge on any atom is -0.351 e. The van der Waals surface area contributed by atoms with E-state index in [-0.39, 0.29) is 18.4 Å². The lowest BCUT2D eigenvalue weighted by Crippen LogP contribution is -2.44. The van der Waals surface area contributed by atoms with Crippen LogP contribution in [-0.2, 0) is 0 Å². The first kappa shape index (κ1) is 14.5. The number of nitrogens with zero attached hydrogens (tertiary/aromatic N) is 1. The van der Waals surface area contributed by atoms with E-state index >= 15 is 0 Å². The minimum atomic E-state index is -0.691. The second kappa shape index (κ2) is 7.67. The Hall–Kier alpha value is -0.970. The topological polar surface area (TPSA) is 82.2 Å². The zero-order valence-electron chi connectivity index (χ0n) is 7.96. The Balaban J connectivity index is 0. The summed E-state index contributed by atoms with van der Waals surface area (Å²) < 4.78 is 0. The highest BCUT2D eigenvalue weighted by Crippen LogP contribution is 1.90. The van der Waals surface area contributed by atoms with Gasteiger partial charge in [0, 0.05) is 13.6 Å². The molecule has 2 amide bonds. The van der Waals surface area contributed by atoms with Crippen LogP contribution in [0.1, 0.15) is 19.8 Å². The van der Waals surface area contributed by atoms with Gasteiger partial charge in [-0.25, -0.2) is 4.79 Å². The van der Waals surface area contributed by atoms with Crippen molar-refractivity contribution in [2.75, 3.05) is 13.6 Å². The Morgan fingerprint density at radius 3 is 2.54 bits per heavy atom. The normalized spacial score (nSPS) is 8.46. The second-order valence-electron chi connectivity index (χ2n) is 2.61. The van der Waals surface area contributed by atoms with Gasteiger partial charge in [-0.15, -0.1) is 12.4 Å². The number of nitrogens with two attached hydrogens (primary N) is 1. The van der Waals surface area contributed by atoms with E-state index in [9.17, 15) is 4.79 Å². The maximum absolute atomic E-state index is 10.3. The molecule has 0 saturated heterocycles. The third-order valence-corrected chi connectivity index (χ3v) is 1.47. The fourth-order valence-electron chi connectivity index (χ4n) is 0.719. The molecule has 0 aromatic carbocycles. The molecule has 4 N–H and O–H groups in total. The predicted octanol–water partition coefficient (Wildman–Crippen LogP) is 0.743. The molecule has 78 valence electrons. The first-order valence-corrected chi connectivity index (χ1v) is 3.94. The average Bonchev–Trinajstić information content (AvgIpc) is 1.98. The number of primary amides is 1. The number of unbranched alkanes of at least 4 members (excludes halogenated alkanes) is 1. The zero-order valence-corrected chi connectivity index (χ0v) is 8.78. The second-order valence-corrected chi connectivity index (χ2v) is 2.61. The van der Waals surface area contributed by atoms with Crippen molar-refractivity contribution >= 4 is 24.4 Å². The Morgan fingerprint density at radius 2 is 2.15 bits per heavy atom. The van der Waals surface area contributed by atoms with Crippen LogP contribution in [0.4, 0.5) is 4.79 Å². The molecule has 0 spiro atoms. The molecule has 0 radical (unpaired) electrons. The predicted molar refractivity (Wildman–Crippen MR) is 55.2 cm³/mol. The van der Waals surface area contributed by atoms with Gasteiger partial charge in [-0.05, 0) is 6.42 Å². The highest BCUT2D eigenvalue weighted by Gasteiger charge is 2.04. The lowest BCUT2D eigenvalue weighted by atomic mass is 10.3. The van der Waals surface area contributed by atoms with Crippen molar-refractivity contribution in [3.05, 3.63) is 0 Å². The first-order chi connectivity index (χ1) is 5.57. The van der Waals surface area contributed by atoms with Gasteiger partial charge in [-0.2, -0.15) is 0 Å². The van der Waals surface area contributed by atoms with E-state index in [2.05, 4.69) is 12.2 Å². The number of nitrogens with one attached hydrogen (secondary N) is 2. The number of amides is 2. The number of guanidine groups is 1. The third-order valence-electron chi connectivity index (χ3n) is 1.47. The van der Waals surface area contributed by atoms with Gasteiger partial charge in [-0.1, -0.05) is 13.3 Å². The van der Waals surface area contributed by atoms with Gasteiger partial charge in [0.05, 0.1) is 0 Å². The van der Waals surface area contributed by atoms with Crippen LogP contribution < -0.4 is 11.1 Å². The van der Waals surface area contributed by atoms with E-state index < -0.39 is 6.03 Å². The highest BCUT2D eigenvalue weighted by molar-refractivity contribution is 5.93. The van der Waals surface area contributed by atoms with E-state index in [1.807, 2.05) is 0 Å². The molecule has 0 unspecified atom stereocenters. The molecule has 0 bridgehead atoms. The van der Waals surface area contributed by atoms with Gasteiger partial charge in [0.25, 0.3) is 0 Å². The molecule has 0 aliphatic carbocycles. The molecule has 0 fully saturated rings. The number of hydrogen-bond donors (Lipinski definition) is 3. The average molecular weight is 209 g/mol. The summed E-state index contributed by atoms with van der Waals surface area (Å²) >= 11 is 0. The van der Waals surface area contributed by atoms with Crippen LogP contribution in [0.3, 0.4) is 0 Å². The Bertz CT molecular complexity index is 174. The third kappa shape index (κ3) is 7.39. The monoisotopic (exact) mass is 208 g/mol. The van der Waals surface area contributed by atoms with E-state index in [1.54, 1.807) is 11.9 Å². The largest absolute Gasteiger partial charge is 0.351 e. The smallest absolute Gasteiger partial charge is 0.318 e. The summed E-state index contributed by atoms with van der Waals surface area (Å²) in [5.41, 5.74) is 4.84. The molecule has 5 nitrogen and oxygen atoms in total. The van der Waals surface area contributed by atoms with Crippen LogP contribution in [0, 0.1) is 5.41 Å². The van der Waals surface area contributed by atoms with E-state index in [0.717, 1.165) is 19.4 Å². The van der Waals surface area contributed by atoms with E-state index in [1.165, 1.54) is 0 Å². The minimum absolute atomic E-state index is 0. The summed E-state index contributed by atoms with van der Waals surface area (Å²) in [7, 11) is 1.74. The molecular weight excluding hydrogens is 192 g/mol. The highest BCUT2D eigenvalue weighted by atomic mass is 35.5. The molecule has 0 aromatic rings. The number of halogens is 1. The molecule has 0 aromatic heterocycles. The first-order valence-electron chi connectivity index (χ1n) is 3.94. The number of hydrogen-bond acceptors (Lipinski definition) is 2. The fraction of sp³-hybridized carbons (Fsp3) is 0.714. The van der Waals surface area contributed by atoms with Gasteiger partial charge in [-0.3, -0.25) is 10.7 Å². The van der Waals surface area contributed by atoms with Crippen molar-refractivity contribution in [1.82, 2.24) is 10.2 Å². The standard InChI is InChI=1S/C7H16N4O.ClH/c1-3-4-5-11(2)6(8)10-7(9)12;/h3-5H2,1-2H3,(H4,8,9,10,12);1H. The van der Waals surface area contributed by atoms with Crippen LogP contribution in [0.2, 0.25) is 0 Å². The SMILES string of the molecule is CCCCN(C)C(=N)NC(N)=O.Cl. The van der Waals surface area contributed by atoms with Gasteiger partial charge >= 0.3 is 6.03 Å². The van der Waals surface area contributed by atoms with Crippen LogP contribution in [0.5, 0.6) is 0 Å². The number of carbonyl (C=O) groups excluding carboxylic acids is 1. The van der Waals surface area contributed by atoms with Crippen LogP contribution >= 0.6 is 12.4 Å². The van der Waals surface area contributed by atoms with Gasteiger partial charge in [0.2, 0.25) is 0 Å². The fourth-order valence-corrected chi connectivity index (χ4v) is 0.719. The van der Waals surface area contributed by atoms with Gasteiger partial charge in [0.1, 0.15) is 0 Å². The van der Waals surface area contributed by atoms with Crippen molar-refractivity contribution in [2.24, 2.45) is 5.73 Å². The van der Waals surface area contributed by atoms with Crippen molar-refractivity contribution in [3.8, 4) is 0 Å². The van der Waals surface area contributed by atoms with Crippen molar-refractivity contribution in [2.45, 2.75) is 19.8 Å². The number of urea groups is 1. The Labute approximate surface area is 84.6 Å². The van der Waals surface area contributed by atoms with Crippen LogP contribution in [-0.4, -0.2) is 30.5 Å². The maximum atomic E-state index is 10.3. The summed E-state index contributed by atoms with van der Waals surface area (Å²) in [6.07, 6.45) is 2.06. The van der Waals surface area contributed by atoms with Crippen LogP contribution in [0.25, 0.3) is 0 Å². The molecule has 6 heteroatoms. The number of rotatable bonds is 3. The molecule has 13 heavy (non-hydrogen) atoms. The summed E-state index contributed by atoms with van der Waals surface area (Å²) in [5, 5.41) is 9.52. The van der Waals surface area contributed by atoms with Crippen molar-refractivity contribution in [3.63, 3.8) is 0 Å². The van der Waals surface area contributed by atoms with E-state index in [4.69, 9.17) is 11.1 Å². The Morgan fingerprint density at radius 1 is 1.62 bits per heavy atom. The number of carbonyl (C=O) groups is 1. The Kier molecular flexibility index (Phi) is 8.58. The van der Waals surface area contributed by atoms with Gasteiger partial charge < -0.3 is 10.6 Å². The van der Waals surface area contributed by atoms with E-state index in [0.29, 0.717) is 0 Å².